The molecule has 1 aliphatic carbocycles. The molecule has 4 rings (SSSR count). The SMILES string of the molecule is [C-]#[N+]c1ccc(CNC(=O)C(CC2CCCCC2)Nc2cc(-n3cccc3)nc(NCCC)n2)cc1. The number of hydrogen-bond donors (Lipinski definition) is 3. The van der Waals surface area contributed by atoms with Crippen molar-refractivity contribution in [3.63, 3.8) is 0 Å². The van der Waals surface area contributed by atoms with Crippen molar-refractivity contribution < 1.29 is 4.79 Å². The number of anilines is 2. The third-order valence-corrected chi connectivity index (χ3v) is 6.58. The summed E-state index contributed by atoms with van der Waals surface area (Å²) in [4.78, 5) is 26.2. The average Bonchev–Trinajstić information content (AvgIpc) is 3.46. The minimum atomic E-state index is -0.401. The molecule has 3 N–H and O–H groups in total. The standard InChI is InChI=1S/C28H35N7O/c1-3-15-30-28-33-25(19-26(34-28)35-16-7-8-17-35)32-24(18-21-9-5-4-6-10-21)27(36)31-20-22-11-13-23(29-2)14-12-22/h7-8,11-14,16-17,19,21,24H,3-6,9-10,15,18,20H2,1H3,(H,31,36)(H2,30,32,33,34). The molecule has 1 fully saturated rings. The summed E-state index contributed by atoms with van der Waals surface area (Å²) < 4.78 is 1.94. The van der Waals surface area contributed by atoms with Crippen molar-refractivity contribution in [3.05, 3.63) is 71.8 Å². The lowest BCUT2D eigenvalue weighted by molar-refractivity contribution is -0.122. The number of hydrogen-bond acceptors (Lipinski definition) is 5. The molecule has 1 saturated carbocycles. The lowest BCUT2D eigenvalue weighted by Crippen LogP contribution is -2.41. The Morgan fingerprint density at radius 1 is 1.14 bits per heavy atom. The van der Waals surface area contributed by atoms with Crippen LogP contribution in [0.2, 0.25) is 0 Å². The highest BCUT2D eigenvalue weighted by Crippen LogP contribution is 2.28. The zero-order valence-electron chi connectivity index (χ0n) is 20.9. The van der Waals surface area contributed by atoms with Gasteiger partial charge in [0.05, 0.1) is 6.57 Å². The summed E-state index contributed by atoms with van der Waals surface area (Å²) in [7, 11) is 0. The van der Waals surface area contributed by atoms with Gasteiger partial charge in [0.15, 0.2) is 5.69 Å². The fraction of sp³-hybridized carbons (Fsp3) is 0.429. The molecule has 3 aromatic rings. The normalized spacial score (nSPS) is 14.6. The molecule has 1 atom stereocenters. The summed E-state index contributed by atoms with van der Waals surface area (Å²) >= 11 is 0. The van der Waals surface area contributed by atoms with Gasteiger partial charge < -0.3 is 20.5 Å². The molecular weight excluding hydrogens is 450 g/mol. The third kappa shape index (κ3) is 7.08. The molecule has 1 unspecified atom stereocenters. The first-order valence-corrected chi connectivity index (χ1v) is 12.9. The van der Waals surface area contributed by atoms with Crippen LogP contribution in [0.4, 0.5) is 17.5 Å². The highest BCUT2D eigenvalue weighted by molar-refractivity contribution is 5.84. The fourth-order valence-electron chi connectivity index (χ4n) is 4.61. The highest BCUT2D eigenvalue weighted by atomic mass is 16.2. The van der Waals surface area contributed by atoms with Crippen molar-refractivity contribution in [1.29, 1.82) is 0 Å². The summed E-state index contributed by atoms with van der Waals surface area (Å²) in [5.74, 6) is 2.39. The molecular formula is C28H35N7O. The topological polar surface area (TPSA) is 88.2 Å². The zero-order chi connectivity index (χ0) is 25.2. The number of nitrogens with zero attached hydrogens (tertiary/aromatic N) is 4. The molecule has 1 amide bonds. The van der Waals surface area contributed by atoms with E-state index in [1.807, 2.05) is 47.3 Å². The van der Waals surface area contributed by atoms with Gasteiger partial charge in [0, 0.05) is 31.5 Å². The minimum absolute atomic E-state index is 0.0426. The molecule has 0 saturated heterocycles. The highest BCUT2D eigenvalue weighted by Gasteiger charge is 2.25. The second kappa shape index (κ2) is 12.7. The van der Waals surface area contributed by atoms with Crippen LogP contribution in [0.25, 0.3) is 10.7 Å². The van der Waals surface area contributed by atoms with Crippen LogP contribution < -0.4 is 16.0 Å². The molecule has 2 heterocycles. The Bertz CT molecular complexity index is 1150. The Balaban J connectivity index is 1.52. The maximum absolute atomic E-state index is 13.4. The van der Waals surface area contributed by atoms with Crippen molar-refractivity contribution in [3.8, 4) is 5.82 Å². The molecule has 8 nitrogen and oxygen atoms in total. The Hall–Kier alpha value is -3.86. The van der Waals surface area contributed by atoms with Gasteiger partial charge in [0.2, 0.25) is 11.9 Å². The lowest BCUT2D eigenvalue weighted by atomic mass is 9.84. The smallest absolute Gasteiger partial charge is 0.242 e. The molecule has 36 heavy (non-hydrogen) atoms. The van der Waals surface area contributed by atoms with Crippen LogP contribution in [0, 0.1) is 12.5 Å². The molecule has 2 aromatic heterocycles. The first-order chi connectivity index (χ1) is 17.6. The number of amides is 1. The number of rotatable bonds is 11. The fourth-order valence-corrected chi connectivity index (χ4v) is 4.61. The third-order valence-electron chi connectivity index (χ3n) is 6.58. The van der Waals surface area contributed by atoms with Gasteiger partial charge in [-0.25, -0.2) is 4.85 Å². The van der Waals surface area contributed by atoms with E-state index in [0.29, 0.717) is 29.9 Å². The van der Waals surface area contributed by atoms with E-state index >= 15 is 0 Å². The Labute approximate surface area is 213 Å². The first kappa shape index (κ1) is 25.2. The maximum Gasteiger partial charge on any atom is 0.242 e. The van der Waals surface area contributed by atoms with Gasteiger partial charge in [-0.05, 0) is 36.5 Å². The van der Waals surface area contributed by atoms with Crippen molar-refractivity contribution in [2.24, 2.45) is 5.92 Å². The number of carbonyl (C=O) groups excluding carboxylic acids is 1. The lowest BCUT2D eigenvalue weighted by Gasteiger charge is -2.27. The Kier molecular flexibility index (Phi) is 8.92. The largest absolute Gasteiger partial charge is 0.358 e. The van der Waals surface area contributed by atoms with E-state index in [2.05, 4.69) is 37.7 Å². The van der Waals surface area contributed by atoms with Crippen LogP contribution in [-0.2, 0) is 11.3 Å². The summed E-state index contributed by atoms with van der Waals surface area (Å²) in [5.41, 5.74) is 1.56. The minimum Gasteiger partial charge on any atom is -0.358 e. The predicted molar refractivity (Wildman–Crippen MR) is 143 cm³/mol. The Morgan fingerprint density at radius 3 is 2.58 bits per heavy atom. The van der Waals surface area contributed by atoms with Crippen LogP contribution in [-0.4, -0.2) is 33.0 Å². The summed E-state index contributed by atoms with van der Waals surface area (Å²) in [6.45, 7) is 10.4. The van der Waals surface area contributed by atoms with Gasteiger partial charge in [-0.1, -0.05) is 63.3 Å². The van der Waals surface area contributed by atoms with Gasteiger partial charge in [-0.2, -0.15) is 9.97 Å². The van der Waals surface area contributed by atoms with E-state index in [0.717, 1.165) is 43.6 Å². The van der Waals surface area contributed by atoms with Gasteiger partial charge in [0.25, 0.3) is 0 Å². The number of carbonyl (C=O) groups is 1. The van der Waals surface area contributed by atoms with Gasteiger partial charge in [0.1, 0.15) is 17.7 Å². The van der Waals surface area contributed by atoms with Gasteiger partial charge in [-0.15, -0.1) is 0 Å². The quantitative estimate of drug-likeness (QED) is 0.303. The van der Waals surface area contributed by atoms with Crippen molar-refractivity contribution in [2.75, 3.05) is 17.2 Å². The van der Waals surface area contributed by atoms with Crippen LogP contribution in [0.15, 0.2) is 54.9 Å². The van der Waals surface area contributed by atoms with E-state index < -0.39 is 6.04 Å². The predicted octanol–water partition coefficient (Wildman–Crippen LogP) is 5.71. The van der Waals surface area contributed by atoms with Crippen LogP contribution in [0.3, 0.4) is 0 Å². The van der Waals surface area contributed by atoms with Crippen molar-refractivity contribution >= 4 is 23.4 Å². The average molecular weight is 486 g/mol. The van der Waals surface area contributed by atoms with E-state index in [-0.39, 0.29) is 5.91 Å². The summed E-state index contributed by atoms with van der Waals surface area (Å²) in [6.07, 6.45) is 11.7. The molecule has 0 radical (unpaired) electrons. The zero-order valence-corrected chi connectivity index (χ0v) is 20.9. The van der Waals surface area contributed by atoms with E-state index in [1.165, 1.54) is 19.3 Å². The van der Waals surface area contributed by atoms with Gasteiger partial charge in [-0.3, -0.25) is 4.79 Å². The number of benzene rings is 1. The monoisotopic (exact) mass is 485 g/mol. The van der Waals surface area contributed by atoms with Crippen LogP contribution >= 0.6 is 0 Å². The molecule has 0 aliphatic heterocycles. The molecule has 188 valence electrons. The molecule has 8 heteroatoms. The number of nitrogens with one attached hydrogen (secondary N) is 3. The van der Waals surface area contributed by atoms with E-state index in [1.54, 1.807) is 12.1 Å². The van der Waals surface area contributed by atoms with E-state index in [4.69, 9.17) is 6.57 Å². The molecule has 0 bridgehead atoms. The first-order valence-electron chi connectivity index (χ1n) is 12.9. The summed E-state index contributed by atoms with van der Waals surface area (Å²) in [5, 5.41) is 9.82. The second-order valence-corrected chi connectivity index (χ2v) is 9.38. The molecule has 0 spiro atoms. The van der Waals surface area contributed by atoms with Crippen molar-refractivity contribution in [1.82, 2.24) is 19.9 Å². The Morgan fingerprint density at radius 2 is 1.89 bits per heavy atom. The van der Waals surface area contributed by atoms with Gasteiger partial charge >= 0.3 is 0 Å². The number of aromatic nitrogens is 3. The summed E-state index contributed by atoms with van der Waals surface area (Å²) in [6, 6.07) is 12.7. The van der Waals surface area contributed by atoms with Crippen LogP contribution in [0.5, 0.6) is 0 Å². The maximum atomic E-state index is 13.4. The van der Waals surface area contributed by atoms with E-state index in [9.17, 15) is 4.79 Å². The van der Waals surface area contributed by atoms with Crippen LogP contribution in [0.1, 0.15) is 57.4 Å². The van der Waals surface area contributed by atoms with Crippen molar-refractivity contribution in [2.45, 2.75) is 64.5 Å². The second-order valence-electron chi connectivity index (χ2n) is 9.38. The molecule has 1 aromatic carbocycles. The molecule has 1 aliphatic rings.